The number of nitrogens with zero attached hydrogens (tertiary/aromatic N) is 1. The summed E-state index contributed by atoms with van der Waals surface area (Å²) < 4.78 is 22.9. The van der Waals surface area contributed by atoms with Crippen molar-refractivity contribution in [2.75, 3.05) is 19.3 Å². The second kappa shape index (κ2) is 7.37. The number of hydrogen-bond donors (Lipinski definition) is 1. The number of nitrogens with one attached hydrogen (secondary N) is 1. The van der Waals surface area contributed by atoms with Crippen molar-refractivity contribution in [3.8, 4) is 0 Å². The van der Waals surface area contributed by atoms with Crippen LogP contribution in [0.1, 0.15) is 22.3 Å². The molecule has 0 aliphatic carbocycles. The summed E-state index contributed by atoms with van der Waals surface area (Å²) in [4.78, 5) is 14.9. The van der Waals surface area contributed by atoms with Crippen LogP contribution in [0.5, 0.6) is 0 Å². The summed E-state index contributed by atoms with van der Waals surface area (Å²) >= 11 is 0. The molecule has 1 N–H and O–H groups in total. The standard InChI is InChI=1S/C19H22N2O3S/c1-25(23,24)18-9-7-16(8-10-18)19(22)20-17-11-12-21(14-17)13-15-5-3-2-4-6-15/h2-10,17H,11-14H2,1H3,(H,20,22)/t17-/m0/s1. The molecular formula is C19H22N2O3S. The summed E-state index contributed by atoms with van der Waals surface area (Å²) in [5.74, 6) is -0.161. The van der Waals surface area contributed by atoms with E-state index in [1.54, 1.807) is 12.1 Å². The van der Waals surface area contributed by atoms with Crippen molar-refractivity contribution in [3.05, 3.63) is 65.7 Å². The number of benzene rings is 2. The fraction of sp³-hybridized carbons (Fsp3) is 0.316. The quantitative estimate of drug-likeness (QED) is 0.889. The first-order chi connectivity index (χ1) is 11.9. The number of amides is 1. The third-order valence-corrected chi connectivity index (χ3v) is 5.53. The highest BCUT2D eigenvalue weighted by molar-refractivity contribution is 7.90. The second-order valence-electron chi connectivity index (χ2n) is 6.48. The molecule has 1 aliphatic rings. The molecule has 0 bridgehead atoms. The predicted molar refractivity (Wildman–Crippen MR) is 97.1 cm³/mol. The molecule has 2 aromatic rings. The molecule has 1 amide bonds. The average Bonchev–Trinajstić information content (AvgIpc) is 3.02. The summed E-state index contributed by atoms with van der Waals surface area (Å²) in [5.41, 5.74) is 1.75. The molecule has 0 spiro atoms. The van der Waals surface area contributed by atoms with Gasteiger partial charge in [-0.1, -0.05) is 30.3 Å². The molecule has 2 aromatic carbocycles. The fourth-order valence-corrected chi connectivity index (χ4v) is 3.69. The number of carbonyl (C=O) groups excluding carboxylic acids is 1. The number of sulfone groups is 1. The van der Waals surface area contributed by atoms with Gasteiger partial charge in [0.15, 0.2) is 9.84 Å². The van der Waals surface area contributed by atoms with Gasteiger partial charge in [-0.3, -0.25) is 9.69 Å². The van der Waals surface area contributed by atoms with Crippen LogP contribution in [0.15, 0.2) is 59.5 Å². The molecule has 3 rings (SSSR count). The highest BCUT2D eigenvalue weighted by Gasteiger charge is 2.24. The Balaban J connectivity index is 1.55. The number of likely N-dealkylation sites (tertiary alicyclic amines) is 1. The Hall–Kier alpha value is -2.18. The molecule has 0 unspecified atom stereocenters. The third-order valence-electron chi connectivity index (χ3n) is 4.40. The van der Waals surface area contributed by atoms with E-state index in [2.05, 4.69) is 22.3 Å². The summed E-state index contributed by atoms with van der Waals surface area (Å²) in [5, 5.41) is 3.04. The van der Waals surface area contributed by atoms with Crippen LogP contribution < -0.4 is 5.32 Å². The summed E-state index contributed by atoms with van der Waals surface area (Å²) in [7, 11) is -3.24. The zero-order chi connectivity index (χ0) is 17.9. The van der Waals surface area contributed by atoms with E-state index < -0.39 is 9.84 Å². The van der Waals surface area contributed by atoms with E-state index >= 15 is 0 Å². The predicted octanol–water partition coefficient (Wildman–Crippen LogP) is 2.09. The molecule has 132 valence electrons. The summed E-state index contributed by atoms with van der Waals surface area (Å²) in [6, 6.07) is 16.5. The minimum absolute atomic E-state index is 0.116. The van der Waals surface area contributed by atoms with Crippen LogP contribution in [0.2, 0.25) is 0 Å². The van der Waals surface area contributed by atoms with Gasteiger partial charge in [0.05, 0.1) is 4.90 Å². The Bertz CT molecular complexity index is 833. The molecule has 6 heteroatoms. The minimum atomic E-state index is -3.24. The van der Waals surface area contributed by atoms with Crippen molar-refractivity contribution in [1.29, 1.82) is 0 Å². The molecule has 1 heterocycles. The Morgan fingerprint density at radius 2 is 1.80 bits per heavy atom. The highest BCUT2D eigenvalue weighted by atomic mass is 32.2. The van der Waals surface area contributed by atoms with E-state index in [0.717, 1.165) is 32.3 Å². The smallest absolute Gasteiger partial charge is 0.251 e. The van der Waals surface area contributed by atoms with Crippen LogP contribution in [0.25, 0.3) is 0 Å². The van der Waals surface area contributed by atoms with Crippen LogP contribution in [-0.2, 0) is 16.4 Å². The van der Waals surface area contributed by atoms with Crippen molar-refractivity contribution in [1.82, 2.24) is 10.2 Å². The molecular weight excluding hydrogens is 336 g/mol. The zero-order valence-corrected chi connectivity index (χ0v) is 15.0. The van der Waals surface area contributed by atoms with E-state index in [1.165, 1.54) is 17.7 Å². The van der Waals surface area contributed by atoms with E-state index in [1.807, 2.05) is 18.2 Å². The molecule has 25 heavy (non-hydrogen) atoms. The SMILES string of the molecule is CS(=O)(=O)c1ccc(C(=O)N[C@H]2CCN(Cc3ccccc3)C2)cc1. The van der Waals surface area contributed by atoms with Crippen LogP contribution in [-0.4, -0.2) is 44.6 Å². The summed E-state index contributed by atoms with van der Waals surface area (Å²) in [6.45, 7) is 2.66. The Morgan fingerprint density at radius 1 is 1.12 bits per heavy atom. The van der Waals surface area contributed by atoms with Gasteiger partial charge in [-0.25, -0.2) is 8.42 Å². The van der Waals surface area contributed by atoms with Gasteiger partial charge in [0.2, 0.25) is 0 Å². The van der Waals surface area contributed by atoms with Crippen molar-refractivity contribution < 1.29 is 13.2 Å². The van der Waals surface area contributed by atoms with Gasteiger partial charge in [-0.15, -0.1) is 0 Å². The van der Waals surface area contributed by atoms with Crippen molar-refractivity contribution in [3.63, 3.8) is 0 Å². The van der Waals surface area contributed by atoms with Gasteiger partial charge in [-0.2, -0.15) is 0 Å². The lowest BCUT2D eigenvalue weighted by Gasteiger charge is -2.17. The van der Waals surface area contributed by atoms with Crippen molar-refractivity contribution >= 4 is 15.7 Å². The van der Waals surface area contributed by atoms with Gasteiger partial charge >= 0.3 is 0 Å². The second-order valence-corrected chi connectivity index (χ2v) is 8.49. The van der Waals surface area contributed by atoms with Gasteiger partial charge in [0.25, 0.3) is 5.91 Å². The van der Waals surface area contributed by atoms with E-state index in [4.69, 9.17) is 0 Å². The Labute approximate surface area is 148 Å². The molecule has 0 saturated carbocycles. The molecule has 1 fully saturated rings. The maximum Gasteiger partial charge on any atom is 0.251 e. The molecule has 0 aromatic heterocycles. The van der Waals surface area contributed by atoms with Crippen molar-refractivity contribution in [2.45, 2.75) is 23.9 Å². The zero-order valence-electron chi connectivity index (χ0n) is 14.2. The van der Waals surface area contributed by atoms with E-state index in [9.17, 15) is 13.2 Å². The monoisotopic (exact) mass is 358 g/mol. The molecule has 1 saturated heterocycles. The van der Waals surface area contributed by atoms with Crippen LogP contribution in [0.3, 0.4) is 0 Å². The average molecular weight is 358 g/mol. The maximum atomic E-state index is 12.3. The number of carbonyl (C=O) groups is 1. The van der Waals surface area contributed by atoms with Gasteiger partial charge in [0.1, 0.15) is 0 Å². The first-order valence-corrected chi connectivity index (χ1v) is 10.2. The van der Waals surface area contributed by atoms with E-state index in [0.29, 0.717) is 5.56 Å². The van der Waals surface area contributed by atoms with Gasteiger partial charge in [-0.05, 0) is 36.2 Å². The molecule has 1 aliphatic heterocycles. The third kappa shape index (κ3) is 4.67. The van der Waals surface area contributed by atoms with Gasteiger partial charge < -0.3 is 5.32 Å². The van der Waals surface area contributed by atoms with E-state index in [-0.39, 0.29) is 16.8 Å². The molecule has 1 atom stereocenters. The van der Waals surface area contributed by atoms with Crippen molar-refractivity contribution in [2.24, 2.45) is 0 Å². The number of hydrogen-bond acceptors (Lipinski definition) is 4. The lowest BCUT2D eigenvalue weighted by Crippen LogP contribution is -2.37. The Kier molecular flexibility index (Phi) is 5.20. The lowest BCUT2D eigenvalue weighted by atomic mass is 10.2. The van der Waals surface area contributed by atoms with Crippen LogP contribution in [0, 0.1) is 0 Å². The maximum absolute atomic E-state index is 12.3. The summed E-state index contributed by atoms with van der Waals surface area (Å²) in [6.07, 6.45) is 2.07. The fourth-order valence-electron chi connectivity index (χ4n) is 3.06. The lowest BCUT2D eigenvalue weighted by molar-refractivity contribution is 0.0937. The first-order valence-electron chi connectivity index (χ1n) is 8.29. The minimum Gasteiger partial charge on any atom is -0.348 e. The van der Waals surface area contributed by atoms with Crippen LogP contribution >= 0.6 is 0 Å². The molecule has 0 radical (unpaired) electrons. The first kappa shape index (κ1) is 17.6. The Morgan fingerprint density at radius 3 is 2.44 bits per heavy atom. The topological polar surface area (TPSA) is 66.5 Å². The largest absolute Gasteiger partial charge is 0.348 e. The highest BCUT2D eigenvalue weighted by Crippen LogP contribution is 2.15. The number of rotatable bonds is 5. The normalized spacial score (nSPS) is 18.2. The van der Waals surface area contributed by atoms with Crippen LogP contribution in [0.4, 0.5) is 0 Å². The molecule has 5 nitrogen and oxygen atoms in total. The van der Waals surface area contributed by atoms with Gasteiger partial charge in [0, 0.05) is 37.5 Å².